The summed E-state index contributed by atoms with van der Waals surface area (Å²) in [5.74, 6) is -8.00. The summed E-state index contributed by atoms with van der Waals surface area (Å²) in [6.07, 6.45) is -5.53. The number of piperidine rings is 1. The number of amides is 4. The Morgan fingerprint density at radius 2 is 1.94 bits per heavy atom. The van der Waals surface area contributed by atoms with E-state index in [1.54, 1.807) is 13.8 Å². The van der Waals surface area contributed by atoms with Crippen molar-refractivity contribution in [1.29, 1.82) is 5.26 Å². The van der Waals surface area contributed by atoms with Crippen molar-refractivity contribution in [2.45, 2.75) is 71.5 Å². The van der Waals surface area contributed by atoms with Gasteiger partial charge in [0.15, 0.2) is 0 Å². The van der Waals surface area contributed by atoms with Crippen molar-refractivity contribution in [2.75, 3.05) is 13.1 Å². The molecular weight excluding hydrogens is 467 g/mol. The van der Waals surface area contributed by atoms with Gasteiger partial charge in [-0.1, -0.05) is 34.4 Å². The van der Waals surface area contributed by atoms with Crippen LogP contribution >= 0.6 is 0 Å². The van der Waals surface area contributed by atoms with Crippen molar-refractivity contribution in [3.8, 4) is 6.07 Å². The zero-order chi connectivity index (χ0) is 34.0. The Morgan fingerprint density at radius 3 is 2.46 bits per heavy atom. The molecule has 3 fully saturated rings. The van der Waals surface area contributed by atoms with Crippen LogP contribution in [0.25, 0.3) is 0 Å². The first-order valence-corrected chi connectivity index (χ1v) is 10.9. The molecule has 1 aliphatic carbocycles. The maximum atomic E-state index is 14.1. The van der Waals surface area contributed by atoms with Crippen LogP contribution < -0.4 is 16.0 Å². The van der Waals surface area contributed by atoms with Crippen LogP contribution in [-0.4, -0.2) is 65.9 Å². The van der Waals surface area contributed by atoms with Crippen molar-refractivity contribution in [3.05, 3.63) is 0 Å². The Labute approximate surface area is 214 Å². The molecule has 0 aromatic carbocycles. The highest BCUT2D eigenvalue weighted by atomic mass is 19.4. The zero-order valence-electron chi connectivity index (χ0n) is 28.0. The molecule has 0 spiro atoms. The van der Waals surface area contributed by atoms with Crippen molar-refractivity contribution in [1.82, 2.24) is 20.9 Å². The SMILES string of the molecule is [2H]C([2H])([2H])C(C(NC(=O)C(F)(F)F)C(=O)N1C[C@H]2[C@@H]([C@H]1C(=O)N[C@H](C#N)C[C@@H]1CCNC1=O)C2(C)C)(C([2H])([2H])[2H])C([2H])([2H])[2H]. The van der Waals surface area contributed by atoms with Gasteiger partial charge in [-0.2, -0.15) is 18.4 Å². The summed E-state index contributed by atoms with van der Waals surface area (Å²) in [6.45, 7) is -9.22. The van der Waals surface area contributed by atoms with Crippen LogP contribution in [0.3, 0.4) is 0 Å². The van der Waals surface area contributed by atoms with E-state index in [9.17, 15) is 37.6 Å². The summed E-state index contributed by atoms with van der Waals surface area (Å²) in [7, 11) is 0. The van der Waals surface area contributed by atoms with E-state index in [0.717, 1.165) is 5.32 Å². The third-order valence-electron chi connectivity index (χ3n) is 7.13. The molecule has 35 heavy (non-hydrogen) atoms. The second kappa shape index (κ2) is 8.99. The number of nitriles is 1. The van der Waals surface area contributed by atoms with E-state index in [1.165, 1.54) is 0 Å². The molecule has 0 aromatic rings. The van der Waals surface area contributed by atoms with Gasteiger partial charge in [0, 0.05) is 31.3 Å². The van der Waals surface area contributed by atoms with E-state index in [0.29, 0.717) is 17.9 Å². The molecule has 1 unspecified atom stereocenters. The number of hydrogen-bond donors (Lipinski definition) is 3. The number of rotatable bonds is 6. The number of halogens is 3. The molecule has 2 heterocycles. The van der Waals surface area contributed by atoms with Gasteiger partial charge in [-0.25, -0.2) is 0 Å². The number of hydrogen-bond acceptors (Lipinski definition) is 5. The minimum absolute atomic E-state index is 0.114. The predicted molar refractivity (Wildman–Crippen MR) is 117 cm³/mol. The first kappa shape index (κ1) is 16.8. The quantitative estimate of drug-likeness (QED) is 0.495. The van der Waals surface area contributed by atoms with E-state index in [-0.39, 0.29) is 12.3 Å². The fourth-order valence-electron chi connectivity index (χ4n) is 5.10. The number of nitrogens with zero attached hydrogens (tertiary/aromatic N) is 2. The third-order valence-corrected chi connectivity index (χ3v) is 7.13. The number of likely N-dealkylation sites (tertiary alicyclic amines) is 1. The number of carbonyl (C=O) groups excluding carboxylic acids is 4. The molecule has 12 heteroatoms. The van der Waals surface area contributed by atoms with Crippen LogP contribution in [0.5, 0.6) is 0 Å². The van der Waals surface area contributed by atoms with Crippen LogP contribution in [0.4, 0.5) is 13.2 Å². The molecular formula is C23H32F3N5O4. The number of alkyl halides is 3. The van der Waals surface area contributed by atoms with Gasteiger partial charge in [0.2, 0.25) is 17.7 Å². The Kier molecular flexibility index (Phi) is 4.30. The highest BCUT2D eigenvalue weighted by Gasteiger charge is 2.70. The first-order chi connectivity index (χ1) is 19.7. The minimum Gasteiger partial charge on any atom is -0.356 e. The molecule has 2 saturated heterocycles. The molecule has 3 aliphatic rings. The average molecular weight is 509 g/mol. The van der Waals surface area contributed by atoms with Crippen molar-refractivity contribution < 1.29 is 44.7 Å². The van der Waals surface area contributed by atoms with E-state index >= 15 is 0 Å². The molecule has 3 rings (SSSR count). The minimum atomic E-state index is -5.79. The van der Waals surface area contributed by atoms with Gasteiger partial charge in [-0.05, 0) is 35.5 Å². The van der Waals surface area contributed by atoms with E-state index in [4.69, 9.17) is 12.3 Å². The van der Waals surface area contributed by atoms with Gasteiger partial charge in [-0.15, -0.1) is 0 Å². The van der Waals surface area contributed by atoms with E-state index < -0.39 is 97.7 Å². The van der Waals surface area contributed by atoms with Crippen LogP contribution in [0.15, 0.2) is 0 Å². The van der Waals surface area contributed by atoms with Crippen LogP contribution in [-0.2, 0) is 19.2 Å². The Bertz CT molecular complexity index is 1210. The molecule has 0 bridgehead atoms. The Morgan fingerprint density at radius 1 is 1.29 bits per heavy atom. The van der Waals surface area contributed by atoms with Gasteiger partial charge < -0.3 is 20.9 Å². The summed E-state index contributed by atoms with van der Waals surface area (Å²) in [5.41, 5.74) is -4.90. The van der Waals surface area contributed by atoms with Gasteiger partial charge in [0.25, 0.3) is 0 Å². The summed E-state index contributed by atoms with van der Waals surface area (Å²) in [4.78, 5) is 52.3. The van der Waals surface area contributed by atoms with Crippen LogP contribution in [0.1, 0.15) is 59.6 Å². The Hall–Kier alpha value is -2.84. The molecule has 0 radical (unpaired) electrons. The van der Waals surface area contributed by atoms with Gasteiger partial charge in [0.1, 0.15) is 18.1 Å². The zero-order valence-corrected chi connectivity index (χ0v) is 19.0. The van der Waals surface area contributed by atoms with E-state index in [2.05, 4.69) is 10.6 Å². The lowest BCUT2D eigenvalue weighted by Gasteiger charge is -2.37. The molecule has 3 N–H and O–H groups in total. The lowest BCUT2D eigenvalue weighted by Crippen LogP contribution is -2.61. The summed E-state index contributed by atoms with van der Waals surface area (Å²) in [5, 5.41) is 15.7. The summed E-state index contributed by atoms with van der Waals surface area (Å²) in [6, 6.07) is -4.37. The van der Waals surface area contributed by atoms with Gasteiger partial charge in [-0.3, -0.25) is 19.2 Å². The third kappa shape index (κ3) is 5.23. The summed E-state index contributed by atoms with van der Waals surface area (Å²) >= 11 is 0. The molecule has 194 valence electrons. The molecule has 6 atom stereocenters. The molecule has 9 nitrogen and oxygen atoms in total. The lowest BCUT2D eigenvalue weighted by atomic mass is 9.85. The van der Waals surface area contributed by atoms with Crippen LogP contribution in [0, 0.1) is 39.9 Å². The molecule has 2 aliphatic heterocycles. The maximum Gasteiger partial charge on any atom is 0.471 e. The van der Waals surface area contributed by atoms with E-state index in [1.807, 2.05) is 6.07 Å². The highest BCUT2D eigenvalue weighted by molar-refractivity contribution is 5.95. The topological polar surface area (TPSA) is 131 Å². The highest BCUT2D eigenvalue weighted by Crippen LogP contribution is 2.65. The molecule has 4 amide bonds. The standard InChI is InChI=1S/C23H32F3N5O4/c1-21(2,3)16(30-20(35)23(24,25)26)19(34)31-10-13-14(22(13,4)5)15(31)18(33)29-12(9-27)8-11-6-7-28-17(11)32/h11-16H,6-8,10H2,1-5H3,(H,28,32)(H,29,33)(H,30,35)/t11-,12-,13-,14-,15-,16?/m0/s1/i1D3,2D3,3D3. The second-order valence-corrected chi connectivity index (χ2v) is 9.80. The first-order valence-electron chi connectivity index (χ1n) is 15.4. The Balaban J connectivity index is 2.11. The van der Waals surface area contributed by atoms with Gasteiger partial charge >= 0.3 is 12.1 Å². The fourth-order valence-corrected chi connectivity index (χ4v) is 5.10. The lowest BCUT2D eigenvalue weighted by molar-refractivity contribution is -0.176. The average Bonchev–Trinajstić information content (AvgIpc) is 3.18. The number of nitrogens with one attached hydrogen (secondary N) is 3. The summed E-state index contributed by atoms with van der Waals surface area (Å²) < 4.78 is 111. The van der Waals surface area contributed by atoms with Crippen LogP contribution in [0.2, 0.25) is 0 Å². The molecule has 0 aromatic heterocycles. The van der Waals surface area contributed by atoms with Crippen molar-refractivity contribution in [2.24, 2.45) is 28.6 Å². The fraction of sp³-hybridized carbons (Fsp3) is 0.783. The van der Waals surface area contributed by atoms with Crippen molar-refractivity contribution >= 4 is 23.6 Å². The normalized spacial score (nSPS) is 33.8. The number of fused-ring (bicyclic) bond motifs is 1. The second-order valence-electron chi connectivity index (χ2n) is 9.80. The predicted octanol–water partition coefficient (Wildman–Crippen LogP) is 1.10. The van der Waals surface area contributed by atoms with Gasteiger partial charge in [0.05, 0.1) is 6.07 Å². The monoisotopic (exact) mass is 508 g/mol. The number of carbonyl (C=O) groups is 4. The maximum absolute atomic E-state index is 14.1. The largest absolute Gasteiger partial charge is 0.471 e. The van der Waals surface area contributed by atoms with Crippen molar-refractivity contribution in [3.63, 3.8) is 0 Å². The molecule has 1 saturated carbocycles. The smallest absolute Gasteiger partial charge is 0.356 e.